The van der Waals surface area contributed by atoms with Crippen LogP contribution in [0.15, 0.2) is 24.3 Å². The molecule has 0 aliphatic rings. The van der Waals surface area contributed by atoms with E-state index >= 15 is 0 Å². The Balaban J connectivity index is 2.86. The first-order valence-corrected chi connectivity index (χ1v) is 5.03. The van der Waals surface area contributed by atoms with Crippen LogP contribution in [0, 0.1) is 11.8 Å². The molecule has 17 heavy (non-hydrogen) atoms. The van der Waals surface area contributed by atoms with Crippen LogP contribution in [0.25, 0.3) is 0 Å². The molecule has 0 fully saturated rings. The van der Waals surface area contributed by atoms with Gasteiger partial charge in [0.25, 0.3) is 0 Å². The molecule has 88 valence electrons. The van der Waals surface area contributed by atoms with Crippen LogP contribution < -0.4 is 0 Å². The largest absolute Gasteiger partial charge is 0.481 e. The van der Waals surface area contributed by atoms with Crippen LogP contribution in [0.1, 0.15) is 17.5 Å². The summed E-state index contributed by atoms with van der Waals surface area (Å²) in [7, 11) is 1.26. The van der Waals surface area contributed by atoms with Crippen LogP contribution >= 0.6 is 0 Å². The van der Waals surface area contributed by atoms with Gasteiger partial charge in [-0.2, -0.15) is 0 Å². The lowest BCUT2D eigenvalue weighted by Gasteiger charge is -2.01. The molecule has 1 N–H and O–H groups in total. The number of rotatable bonds is 3. The Bertz CT molecular complexity index is 480. The second-order valence-corrected chi connectivity index (χ2v) is 3.29. The van der Waals surface area contributed by atoms with Gasteiger partial charge in [-0.25, -0.2) is 4.79 Å². The van der Waals surface area contributed by atoms with E-state index in [9.17, 15) is 9.59 Å². The first kappa shape index (κ1) is 12.8. The highest BCUT2D eigenvalue weighted by molar-refractivity contribution is 5.89. The van der Waals surface area contributed by atoms with Crippen LogP contribution in [0.4, 0.5) is 0 Å². The van der Waals surface area contributed by atoms with Gasteiger partial charge in [0.05, 0.1) is 7.11 Å². The van der Waals surface area contributed by atoms with E-state index in [4.69, 9.17) is 5.11 Å². The number of aryl methyl sites for hydroxylation is 1. The molecular weight excluding hydrogens is 220 g/mol. The number of carboxylic acid groups (broad SMARTS) is 1. The van der Waals surface area contributed by atoms with Gasteiger partial charge in [0.1, 0.15) is 0 Å². The molecule has 0 aliphatic heterocycles. The fraction of sp³-hybridized carbons (Fsp3) is 0.231. The molecule has 0 radical (unpaired) electrons. The number of ether oxygens (including phenoxy) is 1. The van der Waals surface area contributed by atoms with Crippen molar-refractivity contribution in [3.63, 3.8) is 0 Å². The molecule has 0 aliphatic carbocycles. The molecule has 1 aromatic carbocycles. The number of carbonyl (C=O) groups excluding carboxylic acids is 1. The number of hydrogen-bond donors (Lipinski definition) is 1. The number of esters is 1. The number of hydrogen-bond acceptors (Lipinski definition) is 3. The van der Waals surface area contributed by atoms with Gasteiger partial charge in [0.15, 0.2) is 0 Å². The normalized spacial score (nSPS) is 9.00. The third-order valence-electron chi connectivity index (χ3n) is 2.11. The molecule has 0 aromatic heterocycles. The maximum absolute atomic E-state index is 10.9. The van der Waals surface area contributed by atoms with E-state index < -0.39 is 11.9 Å². The predicted molar refractivity (Wildman–Crippen MR) is 61.3 cm³/mol. The van der Waals surface area contributed by atoms with E-state index in [2.05, 4.69) is 16.6 Å². The van der Waals surface area contributed by atoms with Crippen LogP contribution in [-0.2, 0) is 20.7 Å². The van der Waals surface area contributed by atoms with E-state index in [0.29, 0.717) is 12.0 Å². The van der Waals surface area contributed by atoms with Crippen molar-refractivity contribution in [2.75, 3.05) is 7.11 Å². The standard InChI is InChI=1S/C13H12O4/c1-17-13(16)9-7-11-5-3-2-4-10(11)6-8-12(14)15/h2-5H,6,8H2,1H3,(H,14,15). The molecule has 4 heteroatoms. The molecule has 0 heterocycles. The summed E-state index contributed by atoms with van der Waals surface area (Å²) in [6.07, 6.45) is 0.429. The zero-order valence-corrected chi connectivity index (χ0v) is 9.40. The van der Waals surface area contributed by atoms with Crippen molar-refractivity contribution in [1.82, 2.24) is 0 Å². The highest BCUT2D eigenvalue weighted by atomic mass is 16.5. The first-order valence-electron chi connectivity index (χ1n) is 5.03. The van der Waals surface area contributed by atoms with E-state index in [1.807, 2.05) is 0 Å². The van der Waals surface area contributed by atoms with E-state index in [1.54, 1.807) is 24.3 Å². The van der Waals surface area contributed by atoms with Crippen LogP contribution in [-0.4, -0.2) is 24.2 Å². The minimum Gasteiger partial charge on any atom is -0.481 e. The van der Waals surface area contributed by atoms with Crippen LogP contribution in [0.3, 0.4) is 0 Å². The van der Waals surface area contributed by atoms with Gasteiger partial charge in [-0.3, -0.25) is 4.79 Å². The third-order valence-corrected chi connectivity index (χ3v) is 2.11. The maximum Gasteiger partial charge on any atom is 0.384 e. The Kier molecular flexibility index (Phi) is 4.77. The number of benzene rings is 1. The third kappa shape index (κ3) is 4.39. The fourth-order valence-corrected chi connectivity index (χ4v) is 1.27. The van der Waals surface area contributed by atoms with Crippen molar-refractivity contribution in [1.29, 1.82) is 0 Å². The van der Waals surface area contributed by atoms with E-state index in [-0.39, 0.29) is 6.42 Å². The van der Waals surface area contributed by atoms with Crippen molar-refractivity contribution in [3.05, 3.63) is 35.4 Å². The Labute approximate surface area is 99.2 Å². The van der Waals surface area contributed by atoms with Crippen molar-refractivity contribution < 1.29 is 19.4 Å². The Morgan fingerprint density at radius 3 is 2.71 bits per heavy atom. The monoisotopic (exact) mass is 232 g/mol. The van der Waals surface area contributed by atoms with E-state index in [0.717, 1.165) is 5.56 Å². The summed E-state index contributed by atoms with van der Waals surface area (Å²) < 4.78 is 4.40. The Morgan fingerprint density at radius 1 is 1.35 bits per heavy atom. The predicted octanol–water partition coefficient (Wildman–Crippen LogP) is 1.23. The topological polar surface area (TPSA) is 63.6 Å². The van der Waals surface area contributed by atoms with Crippen molar-refractivity contribution in [3.8, 4) is 11.8 Å². The highest BCUT2D eigenvalue weighted by Gasteiger charge is 2.03. The minimum absolute atomic E-state index is 0.0386. The average molecular weight is 232 g/mol. The Morgan fingerprint density at radius 2 is 2.06 bits per heavy atom. The van der Waals surface area contributed by atoms with Gasteiger partial charge in [-0.15, -0.1) is 0 Å². The molecule has 0 saturated heterocycles. The van der Waals surface area contributed by atoms with Gasteiger partial charge < -0.3 is 9.84 Å². The van der Waals surface area contributed by atoms with Gasteiger partial charge in [0.2, 0.25) is 0 Å². The van der Waals surface area contributed by atoms with Gasteiger partial charge in [-0.05, 0) is 18.1 Å². The summed E-state index contributed by atoms with van der Waals surface area (Å²) in [4.78, 5) is 21.4. The summed E-state index contributed by atoms with van der Waals surface area (Å²) in [6, 6.07) is 7.13. The van der Waals surface area contributed by atoms with Gasteiger partial charge in [-0.1, -0.05) is 24.1 Å². The van der Waals surface area contributed by atoms with Crippen molar-refractivity contribution in [2.24, 2.45) is 0 Å². The molecule has 0 bridgehead atoms. The zero-order valence-electron chi connectivity index (χ0n) is 9.40. The molecule has 0 spiro atoms. The van der Waals surface area contributed by atoms with Gasteiger partial charge >= 0.3 is 11.9 Å². The summed E-state index contributed by atoms with van der Waals surface area (Å²) >= 11 is 0. The zero-order chi connectivity index (χ0) is 12.7. The van der Waals surface area contributed by atoms with Gasteiger partial charge in [0, 0.05) is 17.9 Å². The molecule has 0 saturated carbocycles. The molecule has 4 nitrogen and oxygen atoms in total. The molecule has 0 unspecified atom stereocenters. The van der Waals surface area contributed by atoms with Crippen molar-refractivity contribution in [2.45, 2.75) is 12.8 Å². The SMILES string of the molecule is COC(=O)C#Cc1ccccc1CCC(=O)O. The van der Waals surface area contributed by atoms with Crippen LogP contribution in [0.5, 0.6) is 0 Å². The smallest absolute Gasteiger partial charge is 0.384 e. The quantitative estimate of drug-likeness (QED) is 0.628. The minimum atomic E-state index is -0.860. The lowest BCUT2D eigenvalue weighted by atomic mass is 10.0. The summed E-state index contributed by atoms with van der Waals surface area (Å²) in [5.41, 5.74) is 1.46. The second-order valence-electron chi connectivity index (χ2n) is 3.29. The highest BCUT2D eigenvalue weighted by Crippen LogP contribution is 2.09. The first-order chi connectivity index (χ1) is 8.13. The molecular formula is C13H12O4. The summed E-state index contributed by atoms with van der Waals surface area (Å²) in [6.45, 7) is 0. The van der Waals surface area contributed by atoms with Crippen LogP contribution in [0.2, 0.25) is 0 Å². The van der Waals surface area contributed by atoms with Crippen molar-refractivity contribution >= 4 is 11.9 Å². The number of carboxylic acids is 1. The lowest BCUT2D eigenvalue weighted by molar-refractivity contribution is -0.137. The Hall–Kier alpha value is -2.28. The lowest BCUT2D eigenvalue weighted by Crippen LogP contribution is -1.99. The maximum atomic E-state index is 10.9. The summed E-state index contributed by atoms with van der Waals surface area (Å²) in [5, 5.41) is 8.61. The molecule has 0 amide bonds. The number of methoxy groups -OCH3 is 1. The molecule has 1 aromatic rings. The summed E-state index contributed by atoms with van der Waals surface area (Å²) in [5.74, 6) is 3.51. The number of carbonyl (C=O) groups is 2. The fourth-order valence-electron chi connectivity index (χ4n) is 1.27. The molecule has 1 rings (SSSR count). The number of aliphatic carboxylic acids is 1. The second kappa shape index (κ2) is 6.33. The van der Waals surface area contributed by atoms with E-state index in [1.165, 1.54) is 7.11 Å². The molecule has 0 atom stereocenters. The average Bonchev–Trinajstić information content (AvgIpc) is 2.34.